The molecule has 5 nitrogen and oxygen atoms in total. The monoisotopic (exact) mass is 391 g/mol. The zero-order chi connectivity index (χ0) is 17.1. The number of fused-ring (bicyclic) bond motifs is 1. The predicted molar refractivity (Wildman–Crippen MR) is 91.4 cm³/mol. The standard InChI is InChI=1S/C18H18BrNO4/c1-10(2)23-17(22)14-13-7-8-18(24-13)9-20(16(21)15(14)18)12-6-4-3-5-11(12)19/h3-8,10,13-15H,9H2,1-2H3/t13-,14+,15+,18+/m0/s1. The summed E-state index contributed by atoms with van der Waals surface area (Å²) in [5.41, 5.74) is 0.0697. The summed E-state index contributed by atoms with van der Waals surface area (Å²) in [5.74, 6) is -1.53. The van der Waals surface area contributed by atoms with E-state index in [9.17, 15) is 9.59 Å². The second-order valence-corrected chi connectivity index (χ2v) is 7.62. The maximum Gasteiger partial charge on any atom is 0.313 e. The number of benzene rings is 1. The molecule has 1 aromatic rings. The Bertz CT molecular complexity index is 746. The molecule has 2 bridgehead atoms. The third-order valence-corrected chi connectivity index (χ3v) is 5.54. The first-order valence-electron chi connectivity index (χ1n) is 8.06. The number of anilines is 1. The van der Waals surface area contributed by atoms with Crippen molar-refractivity contribution < 1.29 is 19.1 Å². The van der Waals surface area contributed by atoms with Gasteiger partial charge in [-0.2, -0.15) is 0 Å². The zero-order valence-corrected chi connectivity index (χ0v) is 15.0. The van der Waals surface area contributed by atoms with Gasteiger partial charge in [-0.3, -0.25) is 9.59 Å². The van der Waals surface area contributed by atoms with E-state index in [1.165, 1.54) is 0 Å². The van der Waals surface area contributed by atoms with Crippen LogP contribution < -0.4 is 4.90 Å². The lowest BCUT2D eigenvalue weighted by Gasteiger charge is -2.23. The van der Waals surface area contributed by atoms with Crippen molar-refractivity contribution in [3.63, 3.8) is 0 Å². The van der Waals surface area contributed by atoms with E-state index < -0.39 is 17.4 Å². The molecule has 3 aliphatic heterocycles. The molecular formula is C18H18BrNO4. The fourth-order valence-corrected chi connectivity index (χ4v) is 4.45. The summed E-state index contributed by atoms with van der Waals surface area (Å²) >= 11 is 3.50. The highest BCUT2D eigenvalue weighted by atomic mass is 79.9. The average molecular weight is 392 g/mol. The average Bonchev–Trinajstić information content (AvgIpc) is 3.15. The molecule has 0 N–H and O–H groups in total. The Hall–Kier alpha value is -1.66. The van der Waals surface area contributed by atoms with Gasteiger partial charge in [-0.25, -0.2) is 0 Å². The summed E-state index contributed by atoms with van der Waals surface area (Å²) in [7, 11) is 0. The maximum atomic E-state index is 13.1. The van der Waals surface area contributed by atoms with Crippen LogP contribution in [0.2, 0.25) is 0 Å². The summed E-state index contributed by atoms with van der Waals surface area (Å²) in [6.07, 6.45) is 3.24. The molecule has 0 saturated carbocycles. The summed E-state index contributed by atoms with van der Waals surface area (Å²) in [5, 5.41) is 0. The van der Waals surface area contributed by atoms with Gasteiger partial charge in [-0.05, 0) is 41.9 Å². The molecule has 4 atom stereocenters. The molecule has 24 heavy (non-hydrogen) atoms. The van der Waals surface area contributed by atoms with Gasteiger partial charge in [0.2, 0.25) is 5.91 Å². The third kappa shape index (κ3) is 2.16. The Morgan fingerprint density at radius 2 is 2.17 bits per heavy atom. The van der Waals surface area contributed by atoms with Crippen LogP contribution in [0.25, 0.3) is 0 Å². The lowest BCUT2D eigenvalue weighted by atomic mass is 9.77. The van der Waals surface area contributed by atoms with Crippen molar-refractivity contribution >= 4 is 33.5 Å². The van der Waals surface area contributed by atoms with E-state index in [0.717, 1.165) is 10.2 Å². The van der Waals surface area contributed by atoms with Crippen LogP contribution in [-0.4, -0.2) is 36.2 Å². The van der Waals surface area contributed by atoms with Gasteiger partial charge in [0.1, 0.15) is 11.5 Å². The minimum atomic E-state index is -0.725. The number of ether oxygens (including phenoxy) is 2. The highest BCUT2D eigenvalue weighted by Gasteiger charge is 2.67. The van der Waals surface area contributed by atoms with Crippen molar-refractivity contribution in [2.24, 2.45) is 11.8 Å². The molecule has 0 radical (unpaired) electrons. The first-order chi connectivity index (χ1) is 11.4. The molecule has 6 heteroatoms. The number of amides is 1. The van der Waals surface area contributed by atoms with Gasteiger partial charge >= 0.3 is 5.97 Å². The predicted octanol–water partition coefficient (Wildman–Crippen LogP) is 2.69. The Balaban J connectivity index is 1.69. The van der Waals surface area contributed by atoms with E-state index in [-0.39, 0.29) is 24.1 Å². The van der Waals surface area contributed by atoms with Crippen LogP contribution in [0.5, 0.6) is 0 Å². The summed E-state index contributed by atoms with van der Waals surface area (Å²) < 4.78 is 12.3. The molecule has 0 unspecified atom stereocenters. The van der Waals surface area contributed by atoms with E-state index in [1.807, 2.05) is 36.4 Å². The van der Waals surface area contributed by atoms with Crippen molar-refractivity contribution in [1.29, 1.82) is 0 Å². The van der Waals surface area contributed by atoms with Crippen LogP contribution in [-0.2, 0) is 19.1 Å². The minimum Gasteiger partial charge on any atom is -0.463 e. The van der Waals surface area contributed by atoms with Crippen molar-refractivity contribution in [3.8, 4) is 0 Å². The number of esters is 1. The molecule has 4 rings (SSSR count). The molecular weight excluding hydrogens is 374 g/mol. The van der Waals surface area contributed by atoms with Crippen LogP contribution in [0.4, 0.5) is 5.69 Å². The van der Waals surface area contributed by atoms with E-state index in [4.69, 9.17) is 9.47 Å². The van der Waals surface area contributed by atoms with Crippen LogP contribution in [0.15, 0.2) is 40.9 Å². The fourth-order valence-electron chi connectivity index (χ4n) is 3.95. The molecule has 1 amide bonds. The molecule has 3 aliphatic rings. The molecule has 1 aromatic carbocycles. The van der Waals surface area contributed by atoms with Crippen molar-refractivity contribution in [3.05, 3.63) is 40.9 Å². The molecule has 2 fully saturated rings. The molecule has 2 saturated heterocycles. The molecule has 0 aliphatic carbocycles. The second kappa shape index (κ2) is 5.43. The minimum absolute atomic E-state index is 0.0838. The second-order valence-electron chi connectivity index (χ2n) is 6.76. The first-order valence-corrected chi connectivity index (χ1v) is 8.86. The Labute approximate surface area is 148 Å². The summed E-state index contributed by atoms with van der Waals surface area (Å²) in [6.45, 7) is 4.03. The molecule has 3 heterocycles. The zero-order valence-electron chi connectivity index (χ0n) is 13.4. The maximum absolute atomic E-state index is 13.1. The van der Waals surface area contributed by atoms with E-state index >= 15 is 0 Å². The number of halogens is 1. The number of carbonyl (C=O) groups is 2. The van der Waals surface area contributed by atoms with Crippen molar-refractivity contribution in [1.82, 2.24) is 0 Å². The van der Waals surface area contributed by atoms with Gasteiger partial charge in [-0.15, -0.1) is 0 Å². The van der Waals surface area contributed by atoms with Gasteiger partial charge in [0.25, 0.3) is 0 Å². The van der Waals surface area contributed by atoms with E-state index in [0.29, 0.717) is 6.54 Å². The van der Waals surface area contributed by atoms with Crippen LogP contribution in [0.1, 0.15) is 13.8 Å². The number of rotatable bonds is 3. The van der Waals surface area contributed by atoms with Gasteiger partial charge in [0.15, 0.2) is 0 Å². The number of carbonyl (C=O) groups excluding carboxylic acids is 2. The summed E-state index contributed by atoms with van der Waals surface area (Å²) in [6, 6.07) is 7.57. The number of hydrogen-bond donors (Lipinski definition) is 0. The lowest BCUT2D eigenvalue weighted by Crippen LogP contribution is -2.40. The highest BCUT2D eigenvalue weighted by Crippen LogP contribution is 2.53. The van der Waals surface area contributed by atoms with Gasteiger partial charge < -0.3 is 14.4 Å². The van der Waals surface area contributed by atoms with E-state index in [1.54, 1.807) is 18.7 Å². The third-order valence-electron chi connectivity index (χ3n) is 4.87. The molecule has 1 spiro atoms. The van der Waals surface area contributed by atoms with Gasteiger partial charge in [-0.1, -0.05) is 24.3 Å². The fraction of sp³-hybridized carbons (Fsp3) is 0.444. The quantitative estimate of drug-likeness (QED) is 0.587. The van der Waals surface area contributed by atoms with Gasteiger partial charge in [0, 0.05) is 4.47 Å². The van der Waals surface area contributed by atoms with Crippen molar-refractivity contribution in [2.45, 2.75) is 31.7 Å². The number of nitrogens with zero attached hydrogens (tertiary/aromatic N) is 1. The number of hydrogen-bond acceptors (Lipinski definition) is 4. The van der Waals surface area contributed by atoms with E-state index in [2.05, 4.69) is 15.9 Å². The van der Waals surface area contributed by atoms with Crippen LogP contribution in [0.3, 0.4) is 0 Å². The van der Waals surface area contributed by atoms with Crippen LogP contribution >= 0.6 is 15.9 Å². The van der Waals surface area contributed by atoms with Gasteiger partial charge in [0.05, 0.1) is 30.4 Å². The topological polar surface area (TPSA) is 55.8 Å². The Morgan fingerprint density at radius 1 is 1.42 bits per heavy atom. The largest absolute Gasteiger partial charge is 0.463 e. The smallest absolute Gasteiger partial charge is 0.313 e. The molecule has 126 valence electrons. The highest BCUT2D eigenvalue weighted by molar-refractivity contribution is 9.10. The SMILES string of the molecule is CC(C)OC(=O)[C@@H]1[C@@H]2C=C[C@]3(CN(c4ccccc4Br)C(=O)[C@@H]13)O2. The number of para-hydroxylation sites is 1. The Kier molecular flexibility index (Phi) is 3.58. The summed E-state index contributed by atoms with van der Waals surface area (Å²) in [4.78, 5) is 27.3. The van der Waals surface area contributed by atoms with Crippen molar-refractivity contribution in [2.75, 3.05) is 11.4 Å². The molecule has 0 aromatic heterocycles. The Morgan fingerprint density at radius 3 is 2.88 bits per heavy atom. The first kappa shape index (κ1) is 15.8. The van der Waals surface area contributed by atoms with Crippen LogP contribution in [0, 0.1) is 11.8 Å². The normalized spacial score (nSPS) is 33.4. The lowest BCUT2D eigenvalue weighted by molar-refractivity contribution is -0.156.